The van der Waals surface area contributed by atoms with E-state index < -0.39 is 23.7 Å². The Morgan fingerprint density at radius 1 is 1.00 bits per heavy atom. The van der Waals surface area contributed by atoms with Gasteiger partial charge in [0, 0.05) is 25.2 Å². The highest BCUT2D eigenvalue weighted by Crippen LogP contribution is 2.17. The number of halogens is 1. The third kappa shape index (κ3) is 6.85. The average Bonchev–Trinajstić information content (AvgIpc) is 2.80. The number of carbonyl (C=O) groups is 2. The van der Waals surface area contributed by atoms with Gasteiger partial charge in [-0.05, 0) is 41.8 Å². The highest BCUT2D eigenvalue weighted by Gasteiger charge is 2.24. The molecule has 2 aromatic carbocycles. The smallest absolute Gasteiger partial charge is 0.249 e. The zero-order chi connectivity index (χ0) is 23.8. The normalized spacial score (nSPS) is 12.6. The molecule has 0 bridgehead atoms. The van der Waals surface area contributed by atoms with Gasteiger partial charge in [0.15, 0.2) is 0 Å². The number of nitrogens with two attached hydrogens (primary N) is 1. The van der Waals surface area contributed by atoms with Gasteiger partial charge in [0.05, 0.1) is 5.92 Å². The van der Waals surface area contributed by atoms with Crippen molar-refractivity contribution in [1.82, 2.24) is 15.6 Å². The van der Waals surface area contributed by atoms with Gasteiger partial charge < -0.3 is 21.5 Å². The van der Waals surface area contributed by atoms with Crippen LogP contribution in [0.15, 0.2) is 66.7 Å². The predicted molar refractivity (Wildman–Crippen MR) is 124 cm³/mol. The number of nitrogen functional groups attached to an aromatic ring is 1. The van der Waals surface area contributed by atoms with Crippen LogP contribution in [0.2, 0.25) is 0 Å². The second-order valence-corrected chi connectivity index (χ2v) is 7.75. The van der Waals surface area contributed by atoms with Gasteiger partial charge in [0.2, 0.25) is 11.8 Å². The maximum Gasteiger partial charge on any atom is 0.249 e. The van der Waals surface area contributed by atoms with Crippen molar-refractivity contribution in [3.05, 3.63) is 94.9 Å². The molecule has 2 atom stereocenters. The number of aliphatic hydroxyl groups excluding tert-OH is 1. The van der Waals surface area contributed by atoms with E-state index >= 15 is 0 Å². The number of hydrogen-bond donors (Lipinski definition) is 4. The number of rotatable bonds is 9. The van der Waals surface area contributed by atoms with E-state index in [2.05, 4.69) is 15.6 Å². The van der Waals surface area contributed by atoms with Gasteiger partial charge >= 0.3 is 0 Å². The van der Waals surface area contributed by atoms with E-state index in [9.17, 15) is 19.1 Å². The fraction of sp³-hybridized carbons (Fsp3) is 0.240. The summed E-state index contributed by atoms with van der Waals surface area (Å²) in [6.07, 6.45) is -1.10. The van der Waals surface area contributed by atoms with Crippen LogP contribution in [-0.4, -0.2) is 34.6 Å². The summed E-state index contributed by atoms with van der Waals surface area (Å²) in [4.78, 5) is 29.6. The number of aliphatic hydroxyl groups is 1. The first kappa shape index (κ1) is 23.9. The average molecular weight is 451 g/mol. The Kier molecular flexibility index (Phi) is 8.10. The van der Waals surface area contributed by atoms with Gasteiger partial charge in [0.25, 0.3) is 0 Å². The zero-order valence-corrected chi connectivity index (χ0v) is 18.3. The molecule has 0 spiro atoms. The Bertz CT molecular complexity index is 1090. The highest BCUT2D eigenvalue weighted by atomic mass is 19.1. The molecular weight excluding hydrogens is 423 g/mol. The molecule has 1 heterocycles. The van der Waals surface area contributed by atoms with Crippen molar-refractivity contribution in [2.45, 2.75) is 31.9 Å². The molecule has 0 aliphatic carbocycles. The largest absolute Gasteiger partial charge is 0.384 e. The lowest BCUT2D eigenvalue weighted by Gasteiger charge is -2.20. The number of benzene rings is 2. The SMILES string of the molecule is Cc1nc(N)ccc1CNC(=O)[C@@H](CNC(=O)[C@H](O)Cc1ccccc1)c1ccc(F)cc1. The molecule has 3 rings (SSSR count). The van der Waals surface area contributed by atoms with E-state index in [1.54, 1.807) is 19.1 Å². The number of amides is 2. The standard InChI is InChI=1S/C25H27FN4O3/c1-16-19(9-12-23(27)30-16)14-28-24(32)21(18-7-10-20(26)11-8-18)15-29-25(33)22(31)13-17-5-3-2-4-6-17/h2-12,21-22,31H,13-15H2,1H3,(H2,27,30)(H,28,32)(H,29,33)/t21-,22+/m0/s1. The van der Waals surface area contributed by atoms with Crippen LogP contribution >= 0.6 is 0 Å². The van der Waals surface area contributed by atoms with Gasteiger partial charge in [-0.25, -0.2) is 9.37 Å². The van der Waals surface area contributed by atoms with Gasteiger partial charge in [-0.3, -0.25) is 9.59 Å². The first-order chi connectivity index (χ1) is 15.8. The lowest BCUT2D eigenvalue weighted by atomic mass is 9.97. The lowest BCUT2D eigenvalue weighted by Crippen LogP contribution is -2.41. The molecule has 1 aromatic heterocycles. The molecule has 3 aromatic rings. The molecule has 0 unspecified atom stereocenters. The zero-order valence-electron chi connectivity index (χ0n) is 18.3. The van der Waals surface area contributed by atoms with Crippen molar-refractivity contribution in [3.8, 4) is 0 Å². The number of pyridine rings is 1. The molecule has 172 valence electrons. The van der Waals surface area contributed by atoms with E-state index in [0.717, 1.165) is 11.1 Å². The van der Waals surface area contributed by atoms with Crippen LogP contribution in [0, 0.1) is 12.7 Å². The van der Waals surface area contributed by atoms with Gasteiger partial charge in [-0.2, -0.15) is 0 Å². The van der Waals surface area contributed by atoms with E-state index in [0.29, 0.717) is 17.1 Å². The quantitative estimate of drug-likeness (QED) is 0.399. The monoisotopic (exact) mass is 450 g/mol. The predicted octanol–water partition coefficient (Wildman–Crippen LogP) is 2.23. The van der Waals surface area contributed by atoms with Crippen LogP contribution in [0.1, 0.15) is 28.3 Å². The van der Waals surface area contributed by atoms with Gasteiger partial charge in [0.1, 0.15) is 17.7 Å². The molecular formula is C25H27FN4O3. The summed E-state index contributed by atoms with van der Waals surface area (Å²) < 4.78 is 13.4. The summed E-state index contributed by atoms with van der Waals surface area (Å²) in [5.74, 6) is -1.75. The number of anilines is 1. The molecule has 0 radical (unpaired) electrons. The summed E-state index contributed by atoms with van der Waals surface area (Å²) in [5.41, 5.74) is 8.53. The van der Waals surface area contributed by atoms with Crippen molar-refractivity contribution in [2.75, 3.05) is 12.3 Å². The summed E-state index contributed by atoms with van der Waals surface area (Å²) in [6, 6.07) is 18.1. The minimum absolute atomic E-state index is 0.0544. The minimum atomic E-state index is -1.26. The first-order valence-corrected chi connectivity index (χ1v) is 10.6. The molecule has 0 aliphatic rings. The molecule has 33 heavy (non-hydrogen) atoms. The molecule has 5 N–H and O–H groups in total. The Labute approximate surface area is 191 Å². The van der Waals surface area contributed by atoms with E-state index in [1.807, 2.05) is 30.3 Å². The number of nitrogens with one attached hydrogen (secondary N) is 2. The molecule has 2 amide bonds. The number of hydrogen-bond acceptors (Lipinski definition) is 5. The fourth-order valence-electron chi connectivity index (χ4n) is 3.41. The van der Waals surface area contributed by atoms with Gasteiger partial charge in [-0.15, -0.1) is 0 Å². The molecule has 7 nitrogen and oxygen atoms in total. The van der Waals surface area contributed by atoms with Crippen molar-refractivity contribution in [1.29, 1.82) is 0 Å². The summed E-state index contributed by atoms with van der Waals surface area (Å²) >= 11 is 0. The minimum Gasteiger partial charge on any atom is -0.384 e. The van der Waals surface area contributed by atoms with Crippen molar-refractivity contribution in [3.63, 3.8) is 0 Å². The third-order valence-electron chi connectivity index (χ3n) is 5.31. The third-order valence-corrected chi connectivity index (χ3v) is 5.31. The van der Waals surface area contributed by atoms with Crippen LogP contribution in [0.25, 0.3) is 0 Å². The van der Waals surface area contributed by atoms with E-state index in [1.165, 1.54) is 24.3 Å². The van der Waals surface area contributed by atoms with E-state index in [4.69, 9.17) is 5.73 Å². The molecule has 0 fully saturated rings. The Morgan fingerprint density at radius 3 is 2.36 bits per heavy atom. The summed E-state index contributed by atoms with van der Waals surface area (Å²) in [7, 11) is 0. The number of carbonyl (C=O) groups excluding carboxylic acids is 2. The molecule has 0 aliphatic heterocycles. The molecule has 0 saturated heterocycles. The maximum absolute atomic E-state index is 13.4. The van der Waals surface area contributed by atoms with Crippen LogP contribution in [0.3, 0.4) is 0 Å². The topological polar surface area (TPSA) is 117 Å². The fourth-order valence-corrected chi connectivity index (χ4v) is 3.41. The van der Waals surface area contributed by atoms with Crippen LogP contribution in [-0.2, 0) is 22.6 Å². The molecule has 0 saturated carbocycles. The van der Waals surface area contributed by atoms with Crippen molar-refractivity contribution >= 4 is 17.6 Å². The second-order valence-electron chi connectivity index (χ2n) is 7.75. The number of aromatic nitrogens is 1. The van der Waals surface area contributed by atoms with Crippen molar-refractivity contribution in [2.24, 2.45) is 0 Å². The Balaban J connectivity index is 1.66. The highest BCUT2D eigenvalue weighted by molar-refractivity contribution is 5.86. The van der Waals surface area contributed by atoms with E-state index in [-0.39, 0.29) is 25.4 Å². The number of nitrogens with zero attached hydrogens (tertiary/aromatic N) is 1. The maximum atomic E-state index is 13.4. The Morgan fingerprint density at radius 2 is 1.70 bits per heavy atom. The van der Waals surface area contributed by atoms with Crippen LogP contribution in [0.5, 0.6) is 0 Å². The van der Waals surface area contributed by atoms with Crippen LogP contribution < -0.4 is 16.4 Å². The van der Waals surface area contributed by atoms with Crippen molar-refractivity contribution < 1.29 is 19.1 Å². The van der Waals surface area contributed by atoms with Gasteiger partial charge in [-0.1, -0.05) is 48.5 Å². The Hall–Kier alpha value is -3.78. The second kappa shape index (κ2) is 11.2. The molecule has 8 heteroatoms. The number of aryl methyl sites for hydroxylation is 1. The first-order valence-electron chi connectivity index (χ1n) is 10.6. The lowest BCUT2D eigenvalue weighted by molar-refractivity contribution is -0.129. The summed E-state index contributed by atoms with van der Waals surface area (Å²) in [5, 5.41) is 15.7. The van der Waals surface area contributed by atoms with Crippen LogP contribution in [0.4, 0.5) is 10.2 Å². The summed E-state index contributed by atoms with van der Waals surface area (Å²) in [6.45, 7) is 1.96.